The van der Waals surface area contributed by atoms with Gasteiger partial charge in [0.25, 0.3) is 0 Å². The molecule has 0 aliphatic heterocycles. The zero-order valence-corrected chi connectivity index (χ0v) is 12.6. The van der Waals surface area contributed by atoms with E-state index in [9.17, 15) is 14.4 Å². The molecule has 0 saturated heterocycles. The zero-order chi connectivity index (χ0) is 16.0. The van der Waals surface area contributed by atoms with Crippen LogP contribution < -0.4 is 0 Å². The molecule has 2 N–H and O–H groups in total. The first-order valence-corrected chi connectivity index (χ1v) is 7.30. The third-order valence-corrected chi connectivity index (χ3v) is 4.17. The van der Waals surface area contributed by atoms with E-state index in [1.54, 1.807) is 7.05 Å². The van der Waals surface area contributed by atoms with Gasteiger partial charge in [-0.05, 0) is 31.6 Å². The molecule has 2 amide bonds. The molecule has 0 aromatic carbocycles. The molecule has 7 heteroatoms. The SMILES string of the molecule is CCC1CCC(N(C)C(=O)N(CC(=O)O)CC(=O)O)CC1. The zero-order valence-electron chi connectivity index (χ0n) is 12.6. The van der Waals surface area contributed by atoms with Crippen molar-refractivity contribution in [3.63, 3.8) is 0 Å². The van der Waals surface area contributed by atoms with E-state index in [1.165, 1.54) is 4.90 Å². The molecule has 0 aromatic heterocycles. The molecule has 0 bridgehead atoms. The number of carbonyl (C=O) groups excluding carboxylic acids is 1. The first-order chi connectivity index (χ1) is 9.85. The molecule has 1 rings (SSSR count). The van der Waals surface area contributed by atoms with Gasteiger partial charge in [-0.2, -0.15) is 0 Å². The van der Waals surface area contributed by atoms with E-state index < -0.39 is 31.1 Å². The van der Waals surface area contributed by atoms with Gasteiger partial charge in [0, 0.05) is 13.1 Å². The van der Waals surface area contributed by atoms with Crippen molar-refractivity contribution >= 4 is 18.0 Å². The van der Waals surface area contributed by atoms with Crippen molar-refractivity contribution in [3.05, 3.63) is 0 Å². The molecular weight excluding hydrogens is 276 g/mol. The van der Waals surface area contributed by atoms with Crippen molar-refractivity contribution in [2.75, 3.05) is 20.1 Å². The lowest BCUT2D eigenvalue weighted by molar-refractivity contribution is -0.140. The van der Waals surface area contributed by atoms with Gasteiger partial charge in [-0.1, -0.05) is 13.3 Å². The van der Waals surface area contributed by atoms with Crippen molar-refractivity contribution in [1.82, 2.24) is 9.80 Å². The minimum atomic E-state index is -1.22. The number of hydrogen-bond donors (Lipinski definition) is 2. The molecule has 0 unspecified atom stereocenters. The highest BCUT2D eigenvalue weighted by atomic mass is 16.4. The summed E-state index contributed by atoms with van der Waals surface area (Å²) in [6, 6.07) is -0.467. The van der Waals surface area contributed by atoms with Crippen molar-refractivity contribution in [1.29, 1.82) is 0 Å². The quantitative estimate of drug-likeness (QED) is 0.774. The Balaban J connectivity index is 2.64. The van der Waals surface area contributed by atoms with E-state index in [-0.39, 0.29) is 6.04 Å². The minimum Gasteiger partial charge on any atom is -0.480 e. The number of amides is 2. The summed E-state index contributed by atoms with van der Waals surface area (Å²) >= 11 is 0. The van der Waals surface area contributed by atoms with Crippen LogP contribution in [0.2, 0.25) is 0 Å². The summed E-state index contributed by atoms with van der Waals surface area (Å²) in [6.45, 7) is 0.959. The van der Waals surface area contributed by atoms with Crippen LogP contribution in [0.25, 0.3) is 0 Å². The Morgan fingerprint density at radius 3 is 1.86 bits per heavy atom. The lowest BCUT2D eigenvalue weighted by Crippen LogP contribution is -2.50. The third-order valence-electron chi connectivity index (χ3n) is 4.17. The predicted molar refractivity (Wildman–Crippen MR) is 76.0 cm³/mol. The number of urea groups is 1. The summed E-state index contributed by atoms with van der Waals surface area (Å²) in [5, 5.41) is 17.6. The lowest BCUT2D eigenvalue weighted by Gasteiger charge is -2.36. The van der Waals surface area contributed by atoms with Crippen LogP contribution in [0.4, 0.5) is 4.79 Å². The fourth-order valence-electron chi connectivity index (χ4n) is 2.84. The first-order valence-electron chi connectivity index (χ1n) is 7.30. The molecule has 1 saturated carbocycles. The number of aliphatic carboxylic acids is 2. The van der Waals surface area contributed by atoms with Crippen molar-refractivity contribution in [2.45, 2.75) is 45.1 Å². The summed E-state index contributed by atoms with van der Waals surface area (Å²) in [5.41, 5.74) is 0. The van der Waals surface area contributed by atoms with Crippen LogP contribution in [0.1, 0.15) is 39.0 Å². The molecule has 7 nitrogen and oxygen atoms in total. The fraction of sp³-hybridized carbons (Fsp3) is 0.786. The fourth-order valence-corrected chi connectivity index (χ4v) is 2.84. The van der Waals surface area contributed by atoms with E-state index in [0.29, 0.717) is 5.92 Å². The second-order valence-corrected chi connectivity index (χ2v) is 5.62. The predicted octanol–water partition coefficient (Wildman–Crippen LogP) is 1.48. The van der Waals surface area contributed by atoms with E-state index in [2.05, 4.69) is 6.92 Å². The highest BCUT2D eigenvalue weighted by Crippen LogP contribution is 2.29. The molecule has 0 atom stereocenters. The molecule has 1 fully saturated rings. The summed E-state index contributed by atoms with van der Waals surface area (Å²) in [5.74, 6) is -1.74. The van der Waals surface area contributed by atoms with Gasteiger partial charge < -0.3 is 20.0 Å². The molecule has 21 heavy (non-hydrogen) atoms. The Bertz CT molecular complexity index is 375. The highest BCUT2D eigenvalue weighted by molar-refractivity contribution is 5.84. The summed E-state index contributed by atoms with van der Waals surface area (Å²) in [7, 11) is 1.62. The topological polar surface area (TPSA) is 98.2 Å². The van der Waals surface area contributed by atoms with Gasteiger partial charge in [-0.15, -0.1) is 0 Å². The maximum Gasteiger partial charge on any atom is 0.323 e. The number of rotatable bonds is 6. The highest BCUT2D eigenvalue weighted by Gasteiger charge is 2.30. The van der Waals surface area contributed by atoms with Crippen LogP contribution in [0, 0.1) is 5.92 Å². The van der Waals surface area contributed by atoms with E-state index in [4.69, 9.17) is 10.2 Å². The summed E-state index contributed by atoms with van der Waals surface area (Å²) in [6.07, 6.45) is 5.01. The van der Waals surface area contributed by atoms with Gasteiger partial charge in [0.1, 0.15) is 13.1 Å². The Hall–Kier alpha value is -1.79. The van der Waals surface area contributed by atoms with Gasteiger partial charge in [0.2, 0.25) is 0 Å². The lowest BCUT2D eigenvalue weighted by atomic mass is 9.84. The largest absolute Gasteiger partial charge is 0.480 e. The normalized spacial score (nSPS) is 21.6. The third kappa shape index (κ3) is 5.24. The number of hydrogen-bond acceptors (Lipinski definition) is 3. The number of carboxylic acids is 2. The Morgan fingerprint density at radius 1 is 1.00 bits per heavy atom. The summed E-state index contributed by atoms with van der Waals surface area (Å²) < 4.78 is 0. The van der Waals surface area contributed by atoms with E-state index >= 15 is 0 Å². The number of carbonyl (C=O) groups is 3. The Labute approximate surface area is 124 Å². The first kappa shape index (κ1) is 17.3. The smallest absolute Gasteiger partial charge is 0.323 e. The van der Waals surface area contributed by atoms with Gasteiger partial charge in [0.15, 0.2) is 0 Å². The second-order valence-electron chi connectivity index (χ2n) is 5.62. The van der Waals surface area contributed by atoms with Gasteiger partial charge in [-0.25, -0.2) is 4.79 Å². The van der Waals surface area contributed by atoms with Crippen molar-refractivity contribution < 1.29 is 24.6 Å². The second kappa shape index (κ2) is 7.85. The molecule has 1 aliphatic rings. The average molecular weight is 300 g/mol. The van der Waals surface area contributed by atoms with Crippen LogP contribution in [0.15, 0.2) is 0 Å². The van der Waals surface area contributed by atoms with Gasteiger partial charge in [-0.3, -0.25) is 9.59 Å². The Morgan fingerprint density at radius 2 is 1.48 bits per heavy atom. The summed E-state index contributed by atoms with van der Waals surface area (Å²) in [4.78, 5) is 36.2. The van der Waals surface area contributed by atoms with Crippen LogP contribution in [-0.4, -0.2) is 64.2 Å². The number of carboxylic acid groups (broad SMARTS) is 2. The maximum absolute atomic E-state index is 12.3. The van der Waals surface area contributed by atoms with E-state index in [0.717, 1.165) is 37.0 Å². The van der Waals surface area contributed by atoms with E-state index in [1.807, 2.05) is 0 Å². The molecular formula is C14H24N2O5. The molecule has 0 aromatic rings. The van der Waals surface area contributed by atoms with Crippen molar-refractivity contribution in [3.8, 4) is 0 Å². The molecule has 1 aliphatic carbocycles. The van der Waals surface area contributed by atoms with Crippen LogP contribution in [0.5, 0.6) is 0 Å². The maximum atomic E-state index is 12.3. The molecule has 120 valence electrons. The van der Waals surface area contributed by atoms with Gasteiger partial charge in [0.05, 0.1) is 0 Å². The molecule has 0 spiro atoms. The van der Waals surface area contributed by atoms with Gasteiger partial charge >= 0.3 is 18.0 Å². The Kier molecular flexibility index (Phi) is 6.45. The van der Waals surface area contributed by atoms with Crippen LogP contribution >= 0.6 is 0 Å². The standard InChI is InChI=1S/C14H24N2O5/c1-3-10-4-6-11(7-5-10)15(2)14(21)16(8-12(17)18)9-13(19)20/h10-11H,3-9H2,1-2H3,(H,17,18)(H,19,20). The average Bonchev–Trinajstić information content (AvgIpc) is 2.44. The van der Waals surface area contributed by atoms with Crippen molar-refractivity contribution in [2.24, 2.45) is 5.92 Å². The van der Waals surface area contributed by atoms with Crippen LogP contribution in [-0.2, 0) is 9.59 Å². The molecule has 0 heterocycles. The molecule has 0 radical (unpaired) electrons. The minimum absolute atomic E-state index is 0.0605. The van der Waals surface area contributed by atoms with Crippen LogP contribution in [0.3, 0.4) is 0 Å². The monoisotopic (exact) mass is 300 g/mol. The number of nitrogens with zero attached hydrogens (tertiary/aromatic N) is 2.